The first-order valence-corrected chi connectivity index (χ1v) is 10.3. The average molecular weight is 389 g/mol. The Bertz CT molecular complexity index is 654. The Balaban J connectivity index is 1.75. The van der Waals surface area contributed by atoms with E-state index in [0.29, 0.717) is 30.8 Å². The molecule has 2 N–H and O–H groups in total. The molecule has 0 bridgehead atoms. The second-order valence-corrected chi connectivity index (χ2v) is 7.09. The van der Waals surface area contributed by atoms with Gasteiger partial charge in [-0.1, -0.05) is 13.8 Å². The summed E-state index contributed by atoms with van der Waals surface area (Å²) in [5.74, 6) is 0.228. The van der Waals surface area contributed by atoms with Gasteiger partial charge in [0.2, 0.25) is 5.91 Å². The van der Waals surface area contributed by atoms with Gasteiger partial charge in [0, 0.05) is 50.4 Å². The summed E-state index contributed by atoms with van der Waals surface area (Å²) in [5, 5.41) is 5.57. The maximum atomic E-state index is 12.6. The zero-order valence-electron chi connectivity index (χ0n) is 17.0. The normalized spacial score (nSPS) is 13.5. The number of nitrogens with zero attached hydrogens (tertiary/aromatic N) is 2. The van der Waals surface area contributed by atoms with Gasteiger partial charge >= 0.3 is 6.03 Å². The monoisotopic (exact) mass is 388 g/mol. The first-order chi connectivity index (χ1) is 13.5. The van der Waals surface area contributed by atoms with Gasteiger partial charge in [-0.05, 0) is 49.9 Å². The number of benzene rings is 1. The zero-order chi connectivity index (χ0) is 20.4. The summed E-state index contributed by atoms with van der Waals surface area (Å²) in [6.07, 6.45) is 4.16. The summed E-state index contributed by atoms with van der Waals surface area (Å²) in [6.45, 7) is 7.63. The van der Waals surface area contributed by atoms with Crippen molar-refractivity contribution in [1.29, 1.82) is 0 Å². The van der Waals surface area contributed by atoms with Gasteiger partial charge in [-0.3, -0.25) is 9.59 Å². The standard InChI is InChI=1S/C21H32N4O3/c1-3-13-25(14-4-2)20(27)17-8-10-18(11-9-17)23-21(28)22-12-6-16-24-15-5-7-19(24)26/h8-11H,3-7,12-16H2,1-2H3,(H2,22,23,28). The van der Waals surface area contributed by atoms with Crippen molar-refractivity contribution in [2.24, 2.45) is 0 Å². The molecule has 7 nitrogen and oxygen atoms in total. The van der Waals surface area contributed by atoms with Gasteiger partial charge in [-0.2, -0.15) is 0 Å². The summed E-state index contributed by atoms with van der Waals surface area (Å²) < 4.78 is 0. The van der Waals surface area contributed by atoms with E-state index in [-0.39, 0.29) is 17.8 Å². The smallest absolute Gasteiger partial charge is 0.319 e. The van der Waals surface area contributed by atoms with Crippen LogP contribution in [0.2, 0.25) is 0 Å². The van der Waals surface area contributed by atoms with Crippen LogP contribution in [0.15, 0.2) is 24.3 Å². The molecule has 0 radical (unpaired) electrons. The minimum absolute atomic E-state index is 0.0242. The summed E-state index contributed by atoms with van der Waals surface area (Å²) in [5.41, 5.74) is 1.27. The van der Waals surface area contributed by atoms with Crippen molar-refractivity contribution in [2.45, 2.75) is 46.0 Å². The van der Waals surface area contributed by atoms with Gasteiger partial charge in [0.05, 0.1) is 0 Å². The third-order valence-corrected chi connectivity index (χ3v) is 4.73. The zero-order valence-corrected chi connectivity index (χ0v) is 17.0. The number of rotatable bonds is 10. The average Bonchev–Trinajstić information content (AvgIpc) is 3.10. The Labute approximate surface area is 167 Å². The van der Waals surface area contributed by atoms with E-state index in [9.17, 15) is 14.4 Å². The van der Waals surface area contributed by atoms with Crippen LogP contribution < -0.4 is 10.6 Å². The number of hydrogen-bond donors (Lipinski definition) is 2. The SMILES string of the molecule is CCCN(CCC)C(=O)c1ccc(NC(=O)NCCCN2CCCC2=O)cc1. The molecule has 1 fully saturated rings. The maximum absolute atomic E-state index is 12.6. The van der Waals surface area contributed by atoms with Crippen molar-refractivity contribution in [3.63, 3.8) is 0 Å². The molecule has 2 rings (SSSR count). The third-order valence-electron chi connectivity index (χ3n) is 4.73. The Morgan fingerprint density at radius 3 is 2.36 bits per heavy atom. The van der Waals surface area contributed by atoms with E-state index >= 15 is 0 Å². The van der Waals surface area contributed by atoms with E-state index in [0.717, 1.165) is 45.3 Å². The van der Waals surface area contributed by atoms with Gasteiger partial charge in [0.25, 0.3) is 5.91 Å². The molecule has 0 aromatic heterocycles. The Kier molecular flexibility index (Phi) is 8.78. The summed E-state index contributed by atoms with van der Waals surface area (Å²) >= 11 is 0. The fourth-order valence-electron chi connectivity index (χ4n) is 3.32. The van der Waals surface area contributed by atoms with Gasteiger partial charge in [0.1, 0.15) is 0 Å². The molecule has 1 aromatic rings. The minimum atomic E-state index is -0.287. The predicted octanol–water partition coefficient (Wildman–Crippen LogP) is 3.08. The highest BCUT2D eigenvalue weighted by Gasteiger charge is 2.19. The van der Waals surface area contributed by atoms with Crippen molar-refractivity contribution in [3.05, 3.63) is 29.8 Å². The van der Waals surface area contributed by atoms with Crippen molar-refractivity contribution in [3.8, 4) is 0 Å². The number of carbonyl (C=O) groups is 3. The second-order valence-electron chi connectivity index (χ2n) is 7.09. The molecule has 1 heterocycles. The van der Waals surface area contributed by atoms with Gasteiger partial charge < -0.3 is 20.4 Å². The fourth-order valence-corrected chi connectivity index (χ4v) is 3.32. The topological polar surface area (TPSA) is 81.8 Å². The lowest BCUT2D eigenvalue weighted by Gasteiger charge is -2.21. The number of carbonyl (C=O) groups excluding carboxylic acids is 3. The molecule has 0 saturated carbocycles. The Morgan fingerprint density at radius 1 is 1.11 bits per heavy atom. The highest BCUT2D eigenvalue weighted by molar-refractivity contribution is 5.95. The van der Waals surface area contributed by atoms with Gasteiger partial charge in [0.15, 0.2) is 0 Å². The van der Waals surface area contributed by atoms with Crippen molar-refractivity contribution < 1.29 is 14.4 Å². The van der Waals surface area contributed by atoms with Crippen LogP contribution in [0.3, 0.4) is 0 Å². The van der Waals surface area contributed by atoms with Crippen LogP contribution in [0.25, 0.3) is 0 Å². The lowest BCUT2D eigenvalue weighted by molar-refractivity contribution is -0.127. The van der Waals surface area contributed by atoms with Crippen molar-refractivity contribution >= 4 is 23.5 Å². The number of likely N-dealkylation sites (tertiary alicyclic amines) is 1. The Hall–Kier alpha value is -2.57. The van der Waals surface area contributed by atoms with Crippen molar-refractivity contribution in [2.75, 3.05) is 38.0 Å². The van der Waals surface area contributed by atoms with Crippen LogP contribution in [0.4, 0.5) is 10.5 Å². The van der Waals surface area contributed by atoms with Crippen LogP contribution in [0, 0.1) is 0 Å². The fraction of sp³-hybridized carbons (Fsp3) is 0.571. The summed E-state index contributed by atoms with van der Waals surface area (Å²) in [6, 6.07) is 6.69. The third kappa shape index (κ3) is 6.55. The lowest BCUT2D eigenvalue weighted by atomic mass is 10.1. The van der Waals surface area contributed by atoms with E-state index < -0.39 is 0 Å². The number of amides is 4. The van der Waals surface area contributed by atoms with Crippen LogP contribution in [0.1, 0.15) is 56.3 Å². The first-order valence-electron chi connectivity index (χ1n) is 10.3. The number of nitrogens with one attached hydrogen (secondary N) is 2. The molecule has 1 aliphatic rings. The maximum Gasteiger partial charge on any atom is 0.319 e. The second kappa shape index (κ2) is 11.3. The molecule has 154 valence electrons. The van der Waals surface area contributed by atoms with Crippen molar-refractivity contribution in [1.82, 2.24) is 15.1 Å². The van der Waals surface area contributed by atoms with Crippen LogP contribution in [0.5, 0.6) is 0 Å². The molecule has 28 heavy (non-hydrogen) atoms. The summed E-state index contributed by atoms with van der Waals surface area (Å²) in [4.78, 5) is 39.8. The molecule has 0 aliphatic carbocycles. The van der Waals surface area contributed by atoms with E-state index in [1.54, 1.807) is 24.3 Å². The van der Waals surface area contributed by atoms with E-state index in [4.69, 9.17) is 0 Å². The molecular weight excluding hydrogens is 356 g/mol. The molecule has 0 atom stereocenters. The highest BCUT2D eigenvalue weighted by atomic mass is 16.2. The quantitative estimate of drug-likeness (QED) is 0.604. The Morgan fingerprint density at radius 2 is 1.79 bits per heavy atom. The van der Waals surface area contributed by atoms with Crippen LogP contribution in [-0.4, -0.2) is 60.4 Å². The minimum Gasteiger partial charge on any atom is -0.343 e. The molecule has 4 amide bonds. The largest absolute Gasteiger partial charge is 0.343 e. The first kappa shape index (κ1) is 21.7. The molecule has 1 aliphatic heterocycles. The number of anilines is 1. The molecule has 0 unspecified atom stereocenters. The van der Waals surface area contributed by atoms with E-state index in [1.807, 2.05) is 9.80 Å². The van der Waals surface area contributed by atoms with Crippen LogP contribution in [-0.2, 0) is 4.79 Å². The molecule has 1 saturated heterocycles. The molecular formula is C21H32N4O3. The molecule has 0 spiro atoms. The summed E-state index contributed by atoms with van der Waals surface area (Å²) in [7, 11) is 0. The van der Waals surface area contributed by atoms with Gasteiger partial charge in [-0.15, -0.1) is 0 Å². The highest BCUT2D eigenvalue weighted by Crippen LogP contribution is 2.13. The molecule has 1 aromatic carbocycles. The predicted molar refractivity (Wildman–Crippen MR) is 110 cm³/mol. The van der Waals surface area contributed by atoms with Crippen LogP contribution >= 0.6 is 0 Å². The van der Waals surface area contributed by atoms with E-state index in [2.05, 4.69) is 24.5 Å². The number of hydrogen-bond acceptors (Lipinski definition) is 3. The number of urea groups is 1. The lowest BCUT2D eigenvalue weighted by Crippen LogP contribution is -2.33. The van der Waals surface area contributed by atoms with E-state index in [1.165, 1.54) is 0 Å². The molecule has 7 heteroatoms. The van der Waals surface area contributed by atoms with Gasteiger partial charge in [-0.25, -0.2) is 4.79 Å².